The average molecular weight is 468 g/mol. The van der Waals surface area contributed by atoms with E-state index in [-0.39, 0.29) is 5.56 Å². The molecular weight excluding hydrogens is 445 g/mol. The van der Waals surface area contributed by atoms with E-state index in [0.717, 1.165) is 72.8 Å². The second kappa shape index (κ2) is 9.10. The molecule has 2 aromatic heterocycles. The minimum Gasteiger partial charge on any atom is -0.380 e. The first-order chi connectivity index (χ1) is 15.6. The van der Waals surface area contributed by atoms with Gasteiger partial charge in [0.1, 0.15) is 0 Å². The van der Waals surface area contributed by atoms with Crippen LogP contribution in [0, 0.1) is 0 Å². The second-order valence-electron chi connectivity index (χ2n) is 8.09. The maximum atomic E-state index is 12.9. The number of benzene rings is 1. The fourth-order valence-electron chi connectivity index (χ4n) is 4.28. The van der Waals surface area contributed by atoms with E-state index in [9.17, 15) is 4.79 Å². The summed E-state index contributed by atoms with van der Waals surface area (Å²) in [6, 6.07) is 11.3. The quantitative estimate of drug-likeness (QED) is 0.552. The molecule has 0 N–H and O–H groups in total. The predicted octanol–water partition coefficient (Wildman–Crippen LogP) is 4.81. The van der Waals surface area contributed by atoms with Crippen molar-refractivity contribution in [3.05, 3.63) is 97.7 Å². The molecule has 0 amide bonds. The zero-order valence-corrected chi connectivity index (χ0v) is 19.1. The molecule has 2 aliphatic rings. The van der Waals surface area contributed by atoms with Gasteiger partial charge in [0.2, 0.25) is 0 Å². The normalized spacial score (nSPS) is 15.9. The molecule has 164 valence electrons. The zero-order valence-electron chi connectivity index (χ0n) is 17.6. The molecule has 1 aliphatic carbocycles. The summed E-state index contributed by atoms with van der Waals surface area (Å²) in [7, 11) is 0. The van der Waals surface area contributed by atoms with E-state index in [1.807, 2.05) is 24.5 Å². The topological polar surface area (TPSA) is 47.4 Å². The molecule has 0 radical (unpaired) electrons. The number of rotatable bonds is 4. The van der Waals surface area contributed by atoms with Gasteiger partial charge in [-0.1, -0.05) is 35.3 Å². The van der Waals surface area contributed by atoms with Crippen LogP contribution in [0.1, 0.15) is 28.8 Å². The van der Waals surface area contributed by atoms with Crippen molar-refractivity contribution >= 4 is 34.5 Å². The Hall–Kier alpha value is -2.60. The molecule has 1 saturated heterocycles. The highest BCUT2D eigenvalue weighted by molar-refractivity contribution is 6.42. The summed E-state index contributed by atoms with van der Waals surface area (Å²) in [6.45, 7) is 3.80. The van der Waals surface area contributed by atoms with E-state index in [0.29, 0.717) is 16.6 Å². The highest BCUT2D eigenvalue weighted by Crippen LogP contribution is 2.33. The average Bonchev–Trinajstić information content (AvgIpc) is 3.02. The largest absolute Gasteiger partial charge is 0.380 e. The summed E-state index contributed by atoms with van der Waals surface area (Å²) in [5.74, 6) is 0. The Morgan fingerprint density at radius 3 is 2.78 bits per heavy atom. The van der Waals surface area contributed by atoms with E-state index in [1.165, 1.54) is 0 Å². The molecule has 0 saturated carbocycles. The number of fused-ring (bicyclic) bond motifs is 1. The fraction of sp³-hybridized carbons (Fsp3) is 0.280. The maximum absolute atomic E-state index is 12.9. The summed E-state index contributed by atoms with van der Waals surface area (Å²) in [4.78, 5) is 19.9. The molecule has 0 spiro atoms. The van der Waals surface area contributed by atoms with E-state index in [1.54, 1.807) is 22.8 Å². The van der Waals surface area contributed by atoms with Gasteiger partial charge in [-0.3, -0.25) is 9.78 Å². The summed E-state index contributed by atoms with van der Waals surface area (Å²) >= 11 is 12.1. The van der Waals surface area contributed by atoms with Crippen LogP contribution in [0.5, 0.6) is 0 Å². The minimum atomic E-state index is -0.0586. The number of hydrogen-bond donors (Lipinski definition) is 0. The molecule has 1 fully saturated rings. The number of nitrogens with zero attached hydrogens (tertiary/aromatic N) is 3. The number of aromatic nitrogens is 2. The van der Waals surface area contributed by atoms with Crippen LogP contribution in [0.3, 0.4) is 0 Å². The number of pyridine rings is 2. The molecule has 1 aromatic carbocycles. The standard InChI is InChI=1S/C25H23Cl2N3O2/c26-22-4-2-17(12-23(22)27)16-30-8-6-18(13-25(30)31)20-3-5-24-21(20)14-19(15-28-24)29-7-1-10-32-11-9-29/h2-4,6,8,12-15H,1,5,7,9-11,16H2. The van der Waals surface area contributed by atoms with Crippen molar-refractivity contribution in [3.8, 4) is 0 Å². The van der Waals surface area contributed by atoms with Crippen molar-refractivity contribution in [1.29, 1.82) is 0 Å². The molecule has 7 heteroatoms. The van der Waals surface area contributed by atoms with Crippen LogP contribution in [-0.2, 0) is 17.7 Å². The summed E-state index contributed by atoms with van der Waals surface area (Å²) < 4.78 is 7.26. The van der Waals surface area contributed by atoms with E-state index < -0.39 is 0 Å². The lowest BCUT2D eigenvalue weighted by atomic mass is 10.0. The number of ether oxygens (including phenoxy) is 1. The van der Waals surface area contributed by atoms with E-state index in [2.05, 4.69) is 17.0 Å². The van der Waals surface area contributed by atoms with Crippen LogP contribution < -0.4 is 10.5 Å². The highest BCUT2D eigenvalue weighted by atomic mass is 35.5. The second-order valence-corrected chi connectivity index (χ2v) is 8.91. The zero-order chi connectivity index (χ0) is 22.1. The summed E-state index contributed by atoms with van der Waals surface area (Å²) in [5, 5.41) is 0.992. The van der Waals surface area contributed by atoms with Crippen molar-refractivity contribution < 1.29 is 4.74 Å². The molecule has 5 nitrogen and oxygen atoms in total. The van der Waals surface area contributed by atoms with Crippen molar-refractivity contribution in [2.24, 2.45) is 0 Å². The molecule has 0 atom stereocenters. The minimum absolute atomic E-state index is 0.0586. The van der Waals surface area contributed by atoms with Crippen LogP contribution >= 0.6 is 23.2 Å². The molecule has 0 bridgehead atoms. The van der Waals surface area contributed by atoms with Gasteiger partial charge in [-0.2, -0.15) is 0 Å². The summed E-state index contributed by atoms with van der Waals surface area (Å²) in [6.07, 6.45) is 7.74. The molecular formula is C25H23Cl2N3O2. The molecule has 3 heterocycles. The van der Waals surface area contributed by atoms with Crippen molar-refractivity contribution in [1.82, 2.24) is 9.55 Å². The molecule has 5 rings (SSSR count). The van der Waals surface area contributed by atoms with Gasteiger partial charge in [0.15, 0.2) is 0 Å². The van der Waals surface area contributed by atoms with Gasteiger partial charge in [-0.15, -0.1) is 0 Å². The lowest BCUT2D eigenvalue weighted by Gasteiger charge is -2.22. The monoisotopic (exact) mass is 467 g/mol. The number of hydrogen-bond acceptors (Lipinski definition) is 4. The van der Waals surface area contributed by atoms with Gasteiger partial charge in [0.25, 0.3) is 5.56 Å². The third-order valence-electron chi connectivity index (χ3n) is 5.98. The Labute approximate surface area is 196 Å². The first-order valence-electron chi connectivity index (χ1n) is 10.8. The number of anilines is 1. The SMILES string of the molecule is O=c1cc(C2=CCc3ncc(N4CCCOCC4)cc32)ccn1Cc1ccc(Cl)c(Cl)c1. The van der Waals surface area contributed by atoms with Gasteiger partial charge in [-0.25, -0.2) is 0 Å². The van der Waals surface area contributed by atoms with Crippen molar-refractivity contribution in [2.75, 3.05) is 31.2 Å². The van der Waals surface area contributed by atoms with Gasteiger partial charge in [0.05, 0.1) is 40.8 Å². The smallest absolute Gasteiger partial charge is 0.251 e. The Balaban J connectivity index is 1.40. The van der Waals surface area contributed by atoms with Crippen molar-refractivity contribution in [3.63, 3.8) is 0 Å². The van der Waals surface area contributed by atoms with Gasteiger partial charge in [0, 0.05) is 43.9 Å². The van der Waals surface area contributed by atoms with Crippen LogP contribution in [0.2, 0.25) is 10.0 Å². The maximum Gasteiger partial charge on any atom is 0.251 e. The van der Waals surface area contributed by atoms with E-state index >= 15 is 0 Å². The fourth-order valence-corrected chi connectivity index (χ4v) is 4.60. The lowest BCUT2D eigenvalue weighted by Crippen LogP contribution is -2.26. The third kappa shape index (κ3) is 4.33. The highest BCUT2D eigenvalue weighted by Gasteiger charge is 2.20. The third-order valence-corrected chi connectivity index (χ3v) is 6.72. The lowest BCUT2D eigenvalue weighted by molar-refractivity contribution is 0.152. The van der Waals surface area contributed by atoms with E-state index in [4.69, 9.17) is 32.9 Å². The number of allylic oxidation sites excluding steroid dienone is 1. The molecule has 3 aromatic rings. The molecule has 32 heavy (non-hydrogen) atoms. The molecule has 1 aliphatic heterocycles. The van der Waals surface area contributed by atoms with Crippen LogP contribution in [0.15, 0.2) is 59.7 Å². The Morgan fingerprint density at radius 1 is 1.03 bits per heavy atom. The Kier molecular flexibility index (Phi) is 6.05. The first-order valence-corrected chi connectivity index (χ1v) is 11.5. The van der Waals surface area contributed by atoms with Gasteiger partial charge < -0.3 is 14.2 Å². The van der Waals surface area contributed by atoms with Gasteiger partial charge >= 0.3 is 0 Å². The Bertz CT molecular complexity index is 1240. The van der Waals surface area contributed by atoms with Crippen LogP contribution in [0.4, 0.5) is 5.69 Å². The van der Waals surface area contributed by atoms with Crippen LogP contribution in [0.25, 0.3) is 5.57 Å². The number of halogens is 2. The summed E-state index contributed by atoms with van der Waals surface area (Å²) in [5.41, 5.74) is 6.11. The van der Waals surface area contributed by atoms with Crippen molar-refractivity contribution in [2.45, 2.75) is 19.4 Å². The van der Waals surface area contributed by atoms with Gasteiger partial charge in [-0.05, 0) is 47.4 Å². The Morgan fingerprint density at radius 2 is 1.94 bits per heavy atom. The molecule has 0 unspecified atom stereocenters. The van der Waals surface area contributed by atoms with Crippen LogP contribution in [-0.4, -0.2) is 35.9 Å². The predicted molar refractivity (Wildman–Crippen MR) is 129 cm³/mol. The first kappa shape index (κ1) is 21.3.